The van der Waals surface area contributed by atoms with Crippen molar-refractivity contribution in [1.29, 1.82) is 0 Å². The molecule has 3 nitrogen and oxygen atoms in total. The molecule has 6 heteroatoms. The molecule has 1 atom stereocenters. The smallest absolute Gasteiger partial charge is 0.165 e. The molecular weight excluding hydrogens is 342 g/mol. The Balaban J connectivity index is 2.27. The third-order valence-corrected chi connectivity index (χ3v) is 3.96. The lowest BCUT2D eigenvalue weighted by Gasteiger charge is -2.18. The number of methoxy groups -OCH3 is 1. The van der Waals surface area contributed by atoms with Gasteiger partial charge in [0, 0.05) is 4.47 Å². The highest BCUT2D eigenvalue weighted by molar-refractivity contribution is 9.10. The first-order valence-corrected chi connectivity index (χ1v) is 7.08. The molecule has 0 aliphatic heterocycles. The van der Waals surface area contributed by atoms with Gasteiger partial charge in [-0.05, 0) is 41.8 Å². The summed E-state index contributed by atoms with van der Waals surface area (Å²) in [4.78, 5) is 0. The lowest BCUT2D eigenvalue weighted by atomic mass is 9.99. The largest absolute Gasteiger partial charge is 0.494 e. The maximum absolute atomic E-state index is 13.4. The fourth-order valence-electron chi connectivity index (χ4n) is 2.07. The molecule has 0 aliphatic carbocycles. The molecule has 0 spiro atoms. The summed E-state index contributed by atoms with van der Waals surface area (Å²) < 4.78 is 32.2. The van der Waals surface area contributed by atoms with Crippen LogP contribution in [0.3, 0.4) is 0 Å². The van der Waals surface area contributed by atoms with Crippen LogP contribution >= 0.6 is 15.9 Å². The van der Waals surface area contributed by atoms with Crippen molar-refractivity contribution < 1.29 is 13.5 Å². The molecule has 3 N–H and O–H groups in total. The number of hydrazine groups is 1. The summed E-state index contributed by atoms with van der Waals surface area (Å²) in [7, 11) is 1.41. The SMILES string of the molecule is COc1cc(C(Cc2ccc(F)cc2Br)NN)ccc1F. The molecular formula is C15H15BrF2N2O. The molecule has 0 fully saturated rings. The van der Waals surface area contributed by atoms with E-state index in [1.807, 2.05) is 0 Å². The van der Waals surface area contributed by atoms with Crippen molar-refractivity contribution in [2.75, 3.05) is 7.11 Å². The second-order valence-corrected chi connectivity index (χ2v) is 5.41. The van der Waals surface area contributed by atoms with Crippen LogP contribution in [0.4, 0.5) is 8.78 Å². The molecule has 0 heterocycles. The van der Waals surface area contributed by atoms with Gasteiger partial charge in [0.15, 0.2) is 11.6 Å². The van der Waals surface area contributed by atoms with E-state index in [9.17, 15) is 8.78 Å². The Labute approximate surface area is 130 Å². The lowest BCUT2D eigenvalue weighted by Crippen LogP contribution is -2.29. The molecule has 1 unspecified atom stereocenters. The molecule has 0 saturated carbocycles. The van der Waals surface area contributed by atoms with Gasteiger partial charge in [0.2, 0.25) is 0 Å². The Morgan fingerprint density at radius 3 is 2.62 bits per heavy atom. The molecule has 2 aromatic rings. The van der Waals surface area contributed by atoms with E-state index in [0.717, 1.165) is 11.1 Å². The van der Waals surface area contributed by atoms with Gasteiger partial charge in [0.25, 0.3) is 0 Å². The van der Waals surface area contributed by atoms with E-state index in [-0.39, 0.29) is 17.6 Å². The number of halogens is 3. The molecule has 0 bridgehead atoms. The van der Waals surface area contributed by atoms with Crippen molar-refractivity contribution in [1.82, 2.24) is 5.43 Å². The van der Waals surface area contributed by atoms with E-state index in [1.165, 1.54) is 25.3 Å². The molecule has 0 amide bonds. The summed E-state index contributed by atoms with van der Waals surface area (Å²) in [6.45, 7) is 0. The first-order chi connectivity index (χ1) is 10.0. The first-order valence-electron chi connectivity index (χ1n) is 6.28. The minimum Gasteiger partial charge on any atom is -0.494 e. The highest BCUT2D eigenvalue weighted by Gasteiger charge is 2.15. The zero-order valence-corrected chi connectivity index (χ0v) is 13.0. The van der Waals surface area contributed by atoms with Gasteiger partial charge < -0.3 is 4.74 Å². The van der Waals surface area contributed by atoms with Gasteiger partial charge in [-0.25, -0.2) is 8.78 Å². The van der Waals surface area contributed by atoms with Crippen LogP contribution in [0.2, 0.25) is 0 Å². The van der Waals surface area contributed by atoms with Gasteiger partial charge in [-0.2, -0.15) is 0 Å². The zero-order valence-electron chi connectivity index (χ0n) is 11.4. The number of rotatable bonds is 5. The first kappa shape index (κ1) is 15.9. The third-order valence-electron chi connectivity index (χ3n) is 3.22. The summed E-state index contributed by atoms with van der Waals surface area (Å²) in [5.41, 5.74) is 4.36. The minimum absolute atomic E-state index is 0.158. The number of benzene rings is 2. The fraction of sp³-hybridized carbons (Fsp3) is 0.200. The normalized spacial score (nSPS) is 12.2. The van der Waals surface area contributed by atoms with Crippen LogP contribution in [-0.2, 0) is 6.42 Å². The molecule has 0 radical (unpaired) electrons. The molecule has 2 aromatic carbocycles. The van der Waals surface area contributed by atoms with E-state index in [0.29, 0.717) is 10.9 Å². The maximum Gasteiger partial charge on any atom is 0.165 e. The zero-order chi connectivity index (χ0) is 15.4. The molecule has 0 aromatic heterocycles. The molecule has 112 valence electrons. The Bertz CT molecular complexity index is 637. The maximum atomic E-state index is 13.4. The predicted molar refractivity (Wildman–Crippen MR) is 80.8 cm³/mol. The predicted octanol–water partition coefficient (Wildman–Crippen LogP) is 3.48. The average molecular weight is 357 g/mol. The number of hydrogen-bond donors (Lipinski definition) is 2. The lowest BCUT2D eigenvalue weighted by molar-refractivity contribution is 0.384. The van der Waals surface area contributed by atoms with Crippen molar-refractivity contribution in [3.63, 3.8) is 0 Å². The van der Waals surface area contributed by atoms with Gasteiger partial charge in [0.1, 0.15) is 5.82 Å². The van der Waals surface area contributed by atoms with Crippen molar-refractivity contribution in [2.24, 2.45) is 5.84 Å². The average Bonchev–Trinajstić information content (AvgIpc) is 2.47. The van der Waals surface area contributed by atoms with Crippen molar-refractivity contribution in [3.8, 4) is 5.75 Å². The molecule has 0 aliphatic rings. The van der Waals surface area contributed by atoms with E-state index in [2.05, 4.69) is 21.4 Å². The summed E-state index contributed by atoms with van der Waals surface area (Å²) >= 11 is 3.32. The fourth-order valence-corrected chi connectivity index (χ4v) is 2.59. The summed E-state index contributed by atoms with van der Waals surface area (Å²) in [5, 5.41) is 0. The Hall–Kier alpha value is -1.50. The van der Waals surface area contributed by atoms with E-state index in [1.54, 1.807) is 18.2 Å². The quantitative estimate of drug-likeness (QED) is 0.636. The van der Waals surface area contributed by atoms with Crippen LogP contribution in [0.5, 0.6) is 5.75 Å². The second kappa shape index (κ2) is 6.98. The topological polar surface area (TPSA) is 47.3 Å². The standard InChI is InChI=1S/C15H15BrF2N2O/c1-21-15-7-10(3-5-13(15)18)14(20-19)6-9-2-4-11(17)8-12(9)16/h2-5,7-8,14,20H,6,19H2,1H3. The number of ether oxygens (including phenoxy) is 1. The Morgan fingerprint density at radius 1 is 1.24 bits per heavy atom. The Morgan fingerprint density at radius 2 is 2.00 bits per heavy atom. The van der Waals surface area contributed by atoms with E-state index >= 15 is 0 Å². The monoisotopic (exact) mass is 356 g/mol. The minimum atomic E-state index is -0.431. The number of hydrogen-bond acceptors (Lipinski definition) is 3. The highest BCUT2D eigenvalue weighted by atomic mass is 79.9. The number of nitrogens with one attached hydrogen (secondary N) is 1. The van der Waals surface area contributed by atoms with Gasteiger partial charge in [0.05, 0.1) is 13.2 Å². The van der Waals surface area contributed by atoms with Crippen LogP contribution in [0.25, 0.3) is 0 Å². The highest BCUT2D eigenvalue weighted by Crippen LogP contribution is 2.27. The molecule has 0 saturated heterocycles. The van der Waals surface area contributed by atoms with Crippen molar-refractivity contribution in [2.45, 2.75) is 12.5 Å². The van der Waals surface area contributed by atoms with Crippen molar-refractivity contribution >= 4 is 15.9 Å². The third kappa shape index (κ3) is 3.78. The molecule has 2 rings (SSSR count). The van der Waals surface area contributed by atoms with Crippen molar-refractivity contribution in [3.05, 3.63) is 63.6 Å². The van der Waals surface area contributed by atoms with E-state index < -0.39 is 5.82 Å². The number of nitrogens with two attached hydrogens (primary N) is 1. The van der Waals surface area contributed by atoms with Gasteiger partial charge in [-0.15, -0.1) is 0 Å². The van der Waals surface area contributed by atoms with Crippen LogP contribution in [0.15, 0.2) is 40.9 Å². The van der Waals surface area contributed by atoms with Gasteiger partial charge in [-0.3, -0.25) is 11.3 Å². The second-order valence-electron chi connectivity index (χ2n) is 4.55. The van der Waals surface area contributed by atoms with Gasteiger partial charge >= 0.3 is 0 Å². The molecule has 21 heavy (non-hydrogen) atoms. The van der Waals surface area contributed by atoms with Crippen LogP contribution in [0.1, 0.15) is 17.2 Å². The van der Waals surface area contributed by atoms with Crippen LogP contribution in [0, 0.1) is 11.6 Å². The summed E-state index contributed by atoms with van der Waals surface area (Å²) in [6, 6.07) is 8.79. The van der Waals surface area contributed by atoms with Gasteiger partial charge in [-0.1, -0.05) is 28.1 Å². The summed E-state index contributed by atoms with van der Waals surface area (Å²) in [6.07, 6.45) is 0.520. The summed E-state index contributed by atoms with van der Waals surface area (Å²) in [5.74, 6) is 5.00. The Kier molecular flexibility index (Phi) is 5.27. The van der Waals surface area contributed by atoms with Crippen LogP contribution < -0.4 is 16.0 Å². The van der Waals surface area contributed by atoms with E-state index in [4.69, 9.17) is 10.6 Å². The van der Waals surface area contributed by atoms with Crippen LogP contribution in [-0.4, -0.2) is 7.11 Å².